The topological polar surface area (TPSA) is 192 Å². The van der Waals surface area contributed by atoms with E-state index in [0.717, 1.165) is 57.8 Å². The predicted octanol–water partition coefficient (Wildman–Crippen LogP) is 10.0. The molecule has 1 fully saturated rings. The lowest BCUT2D eigenvalue weighted by molar-refractivity contribution is -0.220. The lowest BCUT2D eigenvalue weighted by atomic mass is 9.85. The summed E-state index contributed by atoms with van der Waals surface area (Å²) >= 11 is 0. The third kappa shape index (κ3) is 30.9. The zero-order chi connectivity index (χ0) is 44.8. The molecule has 1 aliphatic rings. The second-order valence-corrected chi connectivity index (χ2v) is 18.0. The molecular weight excluding hydrogens is 799 g/mol. The van der Waals surface area contributed by atoms with Crippen LogP contribution in [0.1, 0.15) is 187 Å². The van der Waals surface area contributed by atoms with Gasteiger partial charge in [0.2, 0.25) is 0 Å². The molecule has 0 aliphatic heterocycles. The lowest BCUT2D eigenvalue weighted by Gasteiger charge is -2.41. The Morgan fingerprint density at radius 3 is 1.44 bits per heavy atom. The highest BCUT2D eigenvalue weighted by Crippen LogP contribution is 2.47. The van der Waals surface area contributed by atoms with Gasteiger partial charge in [0.05, 0.1) is 13.2 Å². The van der Waals surface area contributed by atoms with E-state index in [9.17, 15) is 39.8 Å². The van der Waals surface area contributed by atoms with Crippen molar-refractivity contribution in [3.63, 3.8) is 0 Å². The van der Waals surface area contributed by atoms with Gasteiger partial charge >= 0.3 is 13.8 Å². The molecular formula is C48H87O12P. The minimum atomic E-state index is -5.03. The standard InChI is InChI=1S/C48H87O12P/c1-3-5-7-9-11-13-15-17-19-20-21-22-24-26-28-30-32-34-36-38-57-39-41(40-58-61(55,56)60-48-46(53)44(51)43(50)45(52)47(48)54)59-42(49)37-35-33-31-29-27-25-23-18-16-14-12-10-8-6-4-2/h6,8,12,14,18,23,27,29,41,43-48,50-54H,3-5,7,9-11,13,15-17,19-22,24-26,28,30-40H2,1-2H3,(H,55,56)/b8-6-,14-12-,23-18-,29-27-. The molecule has 0 heterocycles. The summed E-state index contributed by atoms with van der Waals surface area (Å²) in [6, 6.07) is 0. The maximum absolute atomic E-state index is 12.8. The number of esters is 1. The van der Waals surface area contributed by atoms with E-state index in [0.29, 0.717) is 13.0 Å². The van der Waals surface area contributed by atoms with Crippen molar-refractivity contribution in [1.29, 1.82) is 0 Å². The normalized spacial score (nSPS) is 22.6. The number of aliphatic hydroxyl groups excluding tert-OH is 5. The minimum Gasteiger partial charge on any atom is -0.457 e. The summed E-state index contributed by atoms with van der Waals surface area (Å²) in [5.41, 5.74) is 0. The van der Waals surface area contributed by atoms with Crippen LogP contribution in [0.4, 0.5) is 0 Å². The average Bonchev–Trinajstić information content (AvgIpc) is 3.24. The van der Waals surface area contributed by atoms with Crippen molar-refractivity contribution in [2.45, 2.75) is 230 Å². The van der Waals surface area contributed by atoms with E-state index in [-0.39, 0.29) is 13.0 Å². The van der Waals surface area contributed by atoms with Crippen LogP contribution in [0, 0.1) is 0 Å². The van der Waals surface area contributed by atoms with Crippen LogP contribution < -0.4 is 0 Å². The number of carbonyl (C=O) groups is 1. The fourth-order valence-electron chi connectivity index (χ4n) is 7.17. The van der Waals surface area contributed by atoms with Gasteiger partial charge in [-0.3, -0.25) is 13.8 Å². The molecule has 0 amide bonds. The van der Waals surface area contributed by atoms with Gasteiger partial charge < -0.3 is 39.9 Å². The van der Waals surface area contributed by atoms with Crippen LogP contribution in [0.5, 0.6) is 0 Å². The fourth-order valence-corrected chi connectivity index (χ4v) is 8.14. The number of carbonyl (C=O) groups excluding carboxylic acids is 1. The number of unbranched alkanes of at least 4 members (excludes halogenated alkanes) is 20. The predicted molar refractivity (Wildman–Crippen MR) is 244 cm³/mol. The quantitative estimate of drug-likeness (QED) is 0.0148. The molecule has 6 atom stereocenters. The van der Waals surface area contributed by atoms with Crippen molar-refractivity contribution in [2.75, 3.05) is 19.8 Å². The molecule has 0 aromatic rings. The van der Waals surface area contributed by atoms with Gasteiger partial charge in [-0.1, -0.05) is 178 Å². The number of aliphatic hydroxyl groups is 5. The van der Waals surface area contributed by atoms with Gasteiger partial charge in [-0.05, 0) is 51.4 Å². The van der Waals surface area contributed by atoms with Crippen molar-refractivity contribution < 1.29 is 58.3 Å². The first-order chi connectivity index (χ1) is 29.5. The van der Waals surface area contributed by atoms with E-state index < -0.39 is 63.1 Å². The van der Waals surface area contributed by atoms with Crippen LogP contribution in [-0.4, -0.2) is 98.9 Å². The average molecular weight is 887 g/mol. The van der Waals surface area contributed by atoms with Crippen LogP contribution in [0.15, 0.2) is 48.6 Å². The molecule has 0 saturated heterocycles. The van der Waals surface area contributed by atoms with Gasteiger partial charge in [0.25, 0.3) is 0 Å². The summed E-state index contributed by atoms with van der Waals surface area (Å²) in [6.45, 7) is 4.11. The van der Waals surface area contributed by atoms with E-state index in [1.54, 1.807) is 0 Å². The summed E-state index contributed by atoms with van der Waals surface area (Å²) in [7, 11) is -5.03. The van der Waals surface area contributed by atoms with Gasteiger partial charge in [-0.15, -0.1) is 0 Å². The smallest absolute Gasteiger partial charge is 0.457 e. The molecule has 0 spiro atoms. The molecule has 0 bridgehead atoms. The highest BCUT2D eigenvalue weighted by molar-refractivity contribution is 7.47. The first kappa shape index (κ1) is 57.3. The number of hydrogen-bond acceptors (Lipinski definition) is 11. The number of phosphoric acid groups is 1. The zero-order valence-corrected chi connectivity index (χ0v) is 38.8. The lowest BCUT2D eigenvalue weighted by Crippen LogP contribution is -2.64. The minimum absolute atomic E-state index is 0.0922. The molecule has 12 nitrogen and oxygen atoms in total. The van der Waals surface area contributed by atoms with E-state index in [1.807, 2.05) is 0 Å². The molecule has 0 aromatic carbocycles. The Morgan fingerprint density at radius 2 is 0.967 bits per heavy atom. The van der Waals surface area contributed by atoms with Crippen LogP contribution >= 0.6 is 7.82 Å². The van der Waals surface area contributed by atoms with E-state index in [2.05, 4.69) is 62.5 Å². The Bertz CT molecular complexity index is 1190. The van der Waals surface area contributed by atoms with Crippen LogP contribution in [0.2, 0.25) is 0 Å². The molecule has 1 saturated carbocycles. The molecule has 356 valence electrons. The summed E-state index contributed by atoms with van der Waals surface area (Å²) < 4.78 is 34.2. The highest BCUT2D eigenvalue weighted by Gasteiger charge is 2.51. The van der Waals surface area contributed by atoms with Gasteiger partial charge in [-0.2, -0.15) is 0 Å². The Labute approximate surface area is 369 Å². The Balaban J connectivity index is 2.39. The number of phosphoric ester groups is 1. The SMILES string of the molecule is CC/C=C\C/C=C\C/C=C\C/C=C\CCCCC(=O)OC(COCCCCCCCCCCCCCCCCCCCCC)COP(=O)(O)OC1C(O)C(O)C(O)C(O)C1O. The third-order valence-corrected chi connectivity index (χ3v) is 12.0. The van der Waals surface area contributed by atoms with Crippen molar-refractivity contribution in [3.05, 3.63) is 48.6 Å². The van der Waals surface area contributed by atoms with Gasteiger partial charge in [0, 0.05) is 13.0 Å². The number of ether oxygens (including phenoxy) is 2. The largest absolute Gasteiger partial charge is 0.472 e. The second kappa shape index (κ2) is 38.7. The first-order valence-corrected chi connectivity index (χ1v) is 25.5. The van der Waals surface area contributed by atoms with Crippen LogP contribution in [0.3, 0.4) is 0 Å². The first-order valence-electron chi connectivity index (χ1n) is 24.0. The summed E-state index contributed by atoms with van der Waals surface area (Å²) in [5.74, 6) is -0.516. The molecule has 6 N–H and O–H groups in total. The van der Waals surface area contributed by atoms with Gasteiger partial charge in [0.15, 0.2) is 0 Å². The fraction of sp³-hybridized carbons (Fsp3) is 0.812. The molecule has 0 radical (unpaired) electrons. The maximum Gasteiger partial charge on any atom is 0.472 e. The Morgan fingerprint density at radius 1 is 0.541 bits per heavy atom. The number of allylic oxidation sites excluding steroid dienone is 8. The zero-order valence-electron chi connectivity index (χ0n) is 38.0. The molecule has 1 rings (SSSR count). The van der Waals surface area contributed by atoms with Crippen molar-refractivity contribution in [3.8, 4) is 0 Å². The molecule has 13 heteroatoms. The summed E-state index contributed by atoms with van der Waals surface area (Å²) in [4.78, 5) is 23.1. The summed E-state index contributed by atoms with van der Waals surface area (Å²) in [6.07, 6.45) is 34.7. The van der Waals surface area contributed by atoms with Crippen molar-refractivity contribution >= 4 is 13.8 Å². The number of rotatable bonds is 40. The van der Waals surface area contributed by atoms with Gasteiger partial charge in [0.1, 0.15) is 42.7 Å². The highest BCUT2D eigenvalue weighted by atomic mass is 31.2. The third-order valence-electron chi connectivity index (χ3n) is 11.0. The molecule has 6 unspecified atom stereocenters. The van der Waals surface area contributed by atoms with E-state index >= 15 is 0 Å². The van der Waals surface area contributed by atoms with E-state index in [4.69, 9.17) is 18.5 Å². The van der Waals surface area contributed by atoms with E-state index in [1.165, 1.54) is 103 Å². The number of hydrogen-bond donors (Lipinski definition) is 6. The molecule has 0 aromatic heterocycles. The Hall–Kier alpha value is -1.70. The molecule has 61 heavy (non-hydrogen) atoms. The van der Waals surface area contributed by atoms with Gasteiger partial charge in [-0.25, -0.2) is 4.57 Å². The monoisotopic (exact) mass is 887 g/mol. The summed E-state index contributed by atoms with van der Waals surface area (Å²) in [5, 5.41) is 50.2. The van der Waals surface area contributed by atoms with Crippen LogP contribution in [0.25, 0.3) is 0 Å². The van der Waals surface area contributed by atoms with Crippen LogP contribution in [-0.2, 0) is 27.9 Å². The van der Waals surface area contributed by atoms with Crippen molar-refractivity contribution in [2.24, 2.45) is 0 Å². The second-order valence-electron chi connectivity index (χ2n) is 16.6. The van der Waals surface area contributed by atoms with Crippen molar-refractivity contribution in [1.82, 2.24) is 0 Å². The molecule has 1 aliphatic carbocycles. The Kier molecular flexibility index (Phi) is 36.4. The maximum atomic E-state index is 12.8.